The van der Waals surface area contributed by atoms with E-state index >= 15 is 0 Å². The Morgan fingerprint density at radius 1 is 1.03 bits per heavy atom. The molecule has 36 heavy (non-hydrogen) atoms. The average molecular weight is 486 g/mol. The molecule has 5 aromatic rings. The molecule has 13 heteroatoms. The van der Waals surface area contributed by atoms with Crippen LogP contribution in [-0.2, 0) is 4.79 Å². The van der Waals surface area contributed by atoms with Crippen LogP contribution in [0.15, 0.2) is 61.4 Å². The van der Waals surface area contributed by atoms with Crippen LogP contribution in [0, 0.1) is 5.82 Å². The molecule has 180 valence electrons. The molecule has 1 saturated heterocycles. The highest BCUT2D eigenvalue weighted by Crippen LogP contribution is 2.26. The van der Waals surface area contributed by atoms with Crippen LogP contribution >= 0.6 is 0 Å². The standard InChI is InChI=1S/C23H19FN10O2/c24-17-13-26-21(33-7-6-28-30-33)19-18(17)16(12-25-19)20(35)22(36)31-8-10-32(11-9-31)23-27-14-29-34(23)15-4-2-1-3-5-15/h1-7,12-14,25H,8-11H2. The largest absolute Gasteiger partial charge is 0.357 e. The number of benzene rings is 1. The number of hydrogen-bond donors (Lipinski definition) is 1. The SMILES string of the molecule is O=C(C(=O)N1CCN(c2ncnn2-c2ccccc2)CC1)c1c[nH]c2c(-n3ccnn3)ncc(F)c12. The van der Waals surface area contributed by atoms with Crippen LogP contribution in [0.5, 0.6) is 0 Å². The van der Waals surface area contributed by atoms with E-state index in [1.807, 2.05) is 35.2 Å². The van der Waals surface area contributed by atoms with Crippen molar-refractivity contribution in [3.05, 3.63) is 72.8 Å². The number of pyridine rings is 1. The Bertz CT molecular complexity index is 1550. The first-order valence-corrected chi connectivity index (χ1v) is 11.2. The fraction of sp³-hybridized carbons (Fsp3) is 0.174. The maximum atomic E-state index is 14.7. The van der Waals surface area contributed by atoms with Gasteiger partial charge in [0.2, 0.25) is 5.95 Å². The van der Waals surface area contributed by atoms with E-state index in [9.17, 15) is 14.0 Å². The van der Waals surface area contributed by atoms with Gasteiger partial charge in [0.25, 0.3) is 11.7 Å². The number of para-hydroxylation sites is 1. The van der Waals surface area contributed by atoms with Crippen LogP contribution in [0.1, 0.15) is 10.4 Å². The molecular formula is C23H19FN10O2. The first-order valence-electron chi connectivity index (χ1n) is 11.2. The van der Waals surface area contributed by atoms with E-state index in [1.165, 1.54) is 28.3 Å². The van der Waals surface area contributed by atoms with Crippen molar-refractivity contribution in [2.24, 2.45) is 0 Å². The molecule has 0 aliphatic carbocycles. The van der Waals surface area contributed by atoms with E-state index in [0.29, 0.717) is 32.1 Å². The zero-order chi connectivity index (χ0) is 24.6. The Labute approximate surface area is 203 Å². The number of piperazine rings is 1. The molecule has 0 unspecified atom stereocenters. The van der Waals surface area contributed by atoms with Crippen LogP contribution in [0.3, 0.4) is 0 Å². The molecule has 0 radical (unpaired) electrons. The summed E-state index contributed by atoms with van der Waals surface area (Å²) in [5, 5.41) is 11.9. The highest BCUT2D eigenvalue weighted by atomic mass is 19.1. The summed E-state index contributed by atoms with van der Waals surface area (Å²) in [7, 11) is 0. The third-order valence-corrected chi connectivity index (χ3v) is 6.10. The molecule has 0 atom stereocenters. The molecule has 1 aliphatic heterocycles. The van der Waals surface area contributed by atoms with Crippen molar-refractivity contribution >= 4 is 28.5 Å². The maximum Gasteiger partial charge on any atom is 0.295 e. The lowest BCUT2D eigenvalue weighted by Crippen LogP contribution is -2.51. The van der Waals surface area contributed by atoms with Crippen LogP contribution in [0.2, 0.25) is 0 Å². The molecule has 4 aromatic heterocycles. The Morgan fingerprint density at radius 2 is 1.83 bits per heavy atom. The van der Waals surface area contributed by atoms with Crippen molar-refractivity contribution in [1.82, 2.24) is 44.6 Å². The predicted molar refractivity (Wildman–Crippen MR) is 125 cm³/mol. The molecule has 0 saturated carbocycles. The van der Waals surface area contributed by atoms with Gasteiger partial charge in [-0.15, -0.1) is 5.10 Å². The van der Waals surface area contributed by atoms with Crippen molar-refractivity contribution in [3.8, 4) is 11.5 Å². The van der Waals surface area contributed by atoms with Crippen molar-refractivity contribution in [3.63, 3.8) is 0 Å². The maximum absolute atomic E-state index is 14.7. The summed E-state index contributed by atoms with van der Waals surface area (Å²) in [6.45, 7) is 1.55. The van der Waals surface area contributed by atoms with Gasteiger partial charge in [0.05, 0.1) is 40.7 Å². The van der Waals surface area contributed by atoms with Gasteiger partial charge in [-0.3, -0.25) is 9.59 Å². The zero-order valence-electron chi connectivity index (χ0n) is 18.8. The van der Waals surface area contributed by atoms with E-state index < -0.39 is 17.5 Å². The van der Waals surface area contributed by atoms with E-state index in [2.05, 4.69) is 30.4 Å². The Hall–Kier alpha value is -4.94. The Kier molecular flexibility index (Phi) is 5.21. The molecule has 1 aliphatic rings. The number of amides is 1. The number of halogens is 1. The number of fused-ring (bicyclic) bond motifs is 1. The number of nitrogens with zero attached hydrogens (tertiary/aromatic N) is 9. The summed E-state index contributed by atoms with van der Waals surface area (Å²) in [6, 6.07) is 9.62. The number of rotatable bonds is 5. The molecule has 1 aromatic carbocycles. The quantitative estimate of drug-likeness (QED) is 0.291. The summed E-state index contributed by atoms with van der Waals surface area (Å²) in [6.07, 6.45) is 6.81. The Balaban J connectivity index is 1.21. The second-order valence-electron chi connectivity index (χ2n) is 8.15. The van der Waals surface area contributed by atoms with Crippen molar-refractivity contribution < 1.29 is 14.0 Å². The van der Waals surface area contributed by atoms with Gasteiger partial charge in [-0.25, -0.2) is 14.1 Å². The first kappa shape index (κ1) is 21.6. The Morgan fingerprint density at radius 3 is 2.58 bits per heavy atom. The van der Waals surface area contributed by atoms with Gasteiger partial charge in [0.1, 0.15) is 6.33 Å². The summed E-state index contributed by atoms with van der Waals surface area (Å²) < 4.78 is 17.8. The zero-order valence-corrected chi connectivity index (χ0v) is 18.8. The number of anilines is 1. The van der Waals surface area contributed by atoms with Crippen molar-refractivity contribution in [2.75, 3.05) is 31.1 Å². The minimum absolute atomic E-state index is 0.0107. The number of carbonyl (C=O) groups excluding carboxylic acids is 2. The minimum Gasteiger partial charge on any atom is -0.357 e. The molecule has 0 spiro atoms. The number of aromatic amines is 1. The predicted octanol–water partition coefficient (Wildman–Crippen LogP) is 1.39. The van der Waals surface area contributed by atoms with Gasteiger partial charge < -0.3 is 14.8 Å². The molecule has 1 amide bonds. The van der Waals surface area contributed by atoms with Crippen LogP contribution in [0.4, 0.5) is 10.3 Å². The topological polar surface area (TPSA) is 131 Å². The molecular weight excluding hydrogens is 467 g/mol. The second-order valence-corrected chi connectivity index (χ2v) is 8.15. The third-order valence-electron chi connectivity index (χ3n) is 6.10. The van der Waals surface area contributed by atoms with Crippen molar-refractivity contribution in [1.29, 1.82) is 0 Å². The molecule has 0 bridgehead atoms. The molecule has 5 heterocycles. The van der Waals surface area contributed by atoms with Gasteiger partial charge >= 0.3 is 0 Å². The smallest absolute Gasteiger partial charge is 0.295 e. The van der Waals surface area contributed by atoms with E-state index in [-0.39, 0.29) is 22.3 Å². The number of carbonyl (C=O) groups is 2. The number of ketones is 1. The van der Waals surface area contributed by atoms with Crippen LogP contribution in [0.25, 0.3) is 22.4 Å². The minimum atomic E-state index is -0.795. The molecule has 12 nitrogen and oxygen atoms in total. The monoisotopic (exact) mass is 486 g/mol. The number of Topliss-reactive ketones (excluding diaryl/α,β-unsaturated/α-hetero) is 1. The highest BCUT2D eigenvalue weighted by molar-refractivity contribution is 6.45. The number of nitrogens with one attached hydrogen (secondary N) is 1. The lowest BCUT2D eigenvalue weighted by Gasteiger charge is -2.34. The van der Waals surface area contributed by atoms with Gasteiger partial charge in [-0.1, -0.05) is 23.4 Å². The summed E-state index contributed by atoms with van der Waals surface area (Å²) in [5.41, 5.74) is 1.07. The van der Waals surface area contributed by atoms with E-state index in [1.54, 1.807) is 10.9 Å². The lowest BCUT2D eigenvalue weighted by atomic mass is 10.1. The molecule has 1 N–H and O–H groups in total. The van der Waals surface area contributed by atoms with E-state index in [4.69, 9.17) is 0 Å². The van der Waals surface area contributed by atoms with Crippen molar-refractivity contribution in [2.45, 2.75) is 0 Å². The van der Waals surface area contributed by atoms with Crippen LogP contribution < -0.4 is 4.90 Å². The summed E-state index contributed by atoms with van der Waals surface area (Å²) in [4.78, 5) is 41.0. The molecule has 6 rings (SSSR count). The summed E-state index contributed by atoms with van der Waals surface area (Å²) >= 11 is 0. The fourth-order valence-electron chi connectivity index (χ4n) is 4.34. The van der Waals surface area contributed by atoms with Gasteiger partial charge in [0.15, 0.2) is 11.6 Å². The fourth-order valence-corrected chi connectivity index (χ4v) is 4.34. The summed E-state index contributed by atoms with van der Waals surface area (Å²) in [5.74, 6) is -1.27. The highest BCUT2D eigenvalue weighted by Gasteiger charge is 2.31. The lowest BCUT2D eigenvalue weighted by molar-refractivity contribution is -0.126. The first-order chi connectivity index (χ1) is 17.6. The number of H-pyrrole nitrogens is 1. The van der Waals surface area contributed by atoms with Gasteiger partial charge in [-0.2, -0.15) is 14.8 Å². The normalized spacial score (nSPS) is 13.9. The average Bonchev–Trinajstić information content (AvgIpc) is 3.70. The van der Waals surface area contributed by atoms with Crippen LogP contribution in [-0.4, -0.2) is 82.5 Å². The molecule has 1 fully saturated rings. The third kappa shape index (κ3) is 3.57. The second kappa shape index (κ2) is 8.69. The number of hydrogen-bond acceptors (Lipinski definition) is 8. The van der Waals surface area contributed by atoms with Gasteiger partial charge in [0, 0.05) is 32.4 Å². The van der Waals surface area contributed by atoms with Gasteiger partial charge in [-0.05, 0) is 12.1 Å². The van der Waals surface area contributed by atoms with E-state index in [0.717, 1.165) is 11.9 Å². The number of aromatic nitrogens is 8.